The van der Waals surface area contributed by atoms with Gasteiger partial charge in [0.2, 0.25) is 0 Å². The number of hydrogen-bond donors (Lipinski definition) is 1. The van der Waals surface area contributed by atoms with E-state index in [4.69, 9.17) is 22.1 Å². The molecule has 0 saturated heterocycles. The maximum atomic E-state index is 13.3. The molecule has 1 aromatic rings. The highest BCUT2D eigenvalue weighted by Crippen LogP contribution is 2.33. The Hall–Kier alpha value is -0.800. The number of ether oxygens (including phenoxy) is 1. The zero-order chi connectivity index (χ0) is 12.4. The summed E-state index contributed by atoms with van der Waals surface area (Å²) in [6.07, 6.45) is 3.00. The maximum absolute atomic E-state index is 13.3. The number of halogens is 2. The Bertz CT molecular complexity index is 405. The molecule has 0 aliphatic heterocycles. The first-order chi connectivity index (χ1) is 8.06. The van der Waals surface area contributed by atoms with E-state index in [1.807, 2.05) is 6.92 Å². The molecule has 4 heteroatoms. The molecular weight excluding hydrogens is 241 g/mol. The van der Waals surface area contributed by atoms with Crippen LogP contribution in [0, 0.1) is 11.7 Å². The molecule has 2 nitrogen and oxygen atoms in total. The van der Waals surface area contributed by atoms with Gasteiger partial charge < -0.3 is 10.5 Å². The monoisotopic (exact) mass is 257 g/mol. The van der Waals surface area contributed by atoms with Gasteiger partial charge in [-0.2, -0.15) is 0 Å². The fourth-order valence-corrected chi connectivity index (χ4v) is 2.00. The summed E-state index contributed by atoms with van der Waals surface area (Å²) in [5.74, 6) is 0.800. The summed E-state index contributed by atoms with van der Waals surface area (Å²) < 4.78 is 18.9. The van der Waals surface area contributed by atoms with E-state index in [9.17, 15) is 4.39 Å². The van der Waals surface area contributed by atoms with E-state index in [1.54, 1.807) is 0 Å². The average Bonchev–Trinajstić information content (AvgIpc) is 3.02. The van der Waals surface area contributed by atoms with Gasteiger partial charge in [0, 0.05) is 17.7 Å². The van der Waals surface area contributed by atoms with E-state index >= 15 is 0 Å². The Morgan fingerprint density at radius 3 is 2.82 bits per heavy atom. The zero-order valence-corrected chi connectivity index (χ0v) is 10.6. The van der Waals surface area contributed by atoms with Crippen LogP contribution in [-0.4, -0.2) is 12.6 Å². The summed E-state index contributed by atoms with van der Waals surface area (Å²) in [6.45, 7) is 2.54. The number of hydrogen-bond acceptors (Lipinski definition) is 2. The van der Waals surface area contributed by atoms with Gasteiger partial charge in [0.05, 0.1) is 11.6 Å². The molecule has 2 rings (SSSR count). The van der Waals surface area contributed by atoms with Crippen LogP contribution in [-0.2, 0) is 6.42 Å². The quantitative estimate of drug-likeness (QED) is 0.879. The molecule has 1 fully saturated rings. The molecule has 0 aromatic heterocycles. The van der Waals surface area contributed by atoms with Gasteiger partial charge >= 0.3 is 0 Å². The topological polar surface area (TPSA) is 35.2 Å². The van der Waals surface area contributed by atoms with Gasteiger partial charge in [-0.25, -0.2) is 4.39 Å². The van der Waals surface area contributed by atoms with E-state index in [1.165, 1.54) is 25.0 Å². The van der Waals surface area contributed by atoms with Gasteiger partial charge in [-0.15, -0.1) is 0 Å². The largest absolute Gasteiger partial charge is 0.493 e. The highest BCUT2D eigenvalue weighted by Gasteiger charge is 2.23. The Labute approximate surface area is 106 Å². The minimum Gasteiger partial charge on any atom is -0.493 e. The molecule has 0 spiro atoms. The number of benzene rings is 1. The second-order valence-electron chi connectivity index (χ2n) is 4.80. The molecule has 0 bridgehead atoms. The van der Waals surface area contributed by atoms with Crippen LogP contribution in [0.2, 0.25) is 5.02 Å². The van der Waals surface area contributed by atoms with Gasteiger partial charge in [0.15, 0.2) is 0 Å². The minimum atomic E-state index is -0.366. The third-order valence-corrected chi connectivity index (χ3v) is 3.15. The lowest BCUT2D eigenvalue weighted by atomic mass is 10.1. The molecule has 1 unspecified atom stereocenters. The fourth-order valence-electron chi connectivity index (χ4n) is 1.72. The van der Waals surface area contributed by atoms with Crippen molar-refractivity contribution in [2.45, 2.75) is 32.2 Å². The molecular formula is C13H17ClFNO. The summed E-state index contributed by atoms with van der Waals surface area (Å²) in [5, 5.41) is 0.396. The van der Waals surface area contributed by atoms with Crippen LogP contribution >= 0.6 is 11.6 Å². The molecule has 1 saturated carbocycles. The van der Waals surface area contributed by atoms with Gasteiger partial charge in [-0.3, -0.25) is 0 Å². The zero-order valence-electron chi connectivity index (χ0n) is 9.88. The van der Waals surface area contributed by atoms with Crippen LogP contribution < -0.4 is 10.5 Å². The summed E-state index contributed by atoms with van der Waals surface area (Å²) in [5.41, 5.74) is 6.57. The molecule has 1 aliphatic carbocycles. The van der Waals surface area contributed by atoms with Crippen molar-refractivity contribution in [1.29, 1.82) is 0 Å². The Balaban J connectivity index is 2.18. The summed E-state index contributed by atoms with van der Waals surface area (Å²) in [4.78, 5) is 0. The van der Waals surface area contributed by atoms with E-state index in [0.29, 0.717) is 29.7 Å². The van der Waals surface area contributed by atoms with E-state index in [0.717, 1.165) is 5.56 Å². The summed E-state index contributed by atoms with van der Waals surface area (Å²) >= 11 is 6.03. The molecule has 1 atom stereocenters. The second-order valence-corrected chi connectivity index (χ2v) is 5.21. The fraction of sp³-hybridized carbons (Fsp3) is 0.538. The normalized spacial score (nSPS) is 16.9. The van der Waals surface area contributed by atoms with Crippen LogP contribution in [0.1, 0.15) is 25.3 Å². The molecule has 2 N–H and O–H groups in total. The lowest BCUT2D eigenvalue weighted by molar-refractivity contribution is 0.295. The van der Waals surface area contributed by atoms with Crippen molar-refractivity contribution >= 4 is 11.6 Å². The third-order valence-electron chi connectivity index (χ3n) is 2.82. The highest BCUT2D eigenvalue weighted by molar-refractivity contribution is 6.31. The summed E-state index contributed by atoms with van der Waals surface area (Å²) in [6, 6.07) is 2.68. The van der Waals surface area contributed by atoms with Gasteiger partial charge in [0.1, 0.15) is 11.6 Å². The number of nitrogens with two attached hydrogens (primary N) is 1. The first-order valence-corrected chi connectivity index (χ1v) is 6.30. The van der Waals surface area contributed by atoms with Crippen molar-refractivity contribution in [3.05, 3.63) is 28.5 Å². The predicted molar refractivity (Wildman–Crippen MR) is 67.0 cm³/mol. The smallest absolute Gasteiger partial charge is 0.128 e. The van der Waals surface area contributed by atoms with Crippen LogP contribution in [0.4, 0.5) is 4.39 Å². The molecule has 1 aliphatic rings. The third kappa shape index (κ3) is 3.58. The van der Waals surface area contributed by atoms with Crippen molar-refractivity contribution < 1.29 is 9.13 Å². The van der Waals surface area contributed by atoms with Crippen molar-refractivity contribution in [3.8, 4) is 5.75 Å². The van der Waals surface area contributed by atoms with E-state index < -0.39 is 0 Å². The van der Waals surface area contributed by atoms with Gasteiger partial charge in [0.25, 0.3) is 0 Å². The Morgan fingerprint density at radius 1 is 1.53 bits per heavy atom. The first kappa shape index (κ1) is 12.7. The SMILES string of the molecule is CC(N)Cc1c(Cl)cc(F)cc1OCC1CC1. The van der Waals surface area contributed by atoms with Crippen LogP contribution in [0.15, 0.2) is 12.1 Å². The van der Waals surface area contributed by atoms with Gasteiger partial charge in [-0.1, -0.05) is 11.6 Å². The van der Waals surface area contributed by atoms with E-state index in [-0.39, 0.29) is 11.9 Å². The summed E-state index contributed by atoms with van der Waals surface area (Å²) in [7, 11) is 0. The lowest BCUT2D eigenvalue weighted by Gasteiger charge is -2.14. The average molecular weight is 258 g/mol. The molecule has 1 aromatic carbocycles. The van der Waals surface area contributed by atoms with Crippen LogP contribution in [0.5, 0.6) is 5.75 Å². The van der Waals surface area contributed by atoms with Crippen molar-refractivity contribution in [2.75, 3.05) is 6.61 Å². The highest BCUT2D eigenvalue weighted by atomic mass is 35.5. The first-order valence-electron chi connectivity index (χ1n) is 5.92. The lowest BCUT2D eigenvalue weighted by Crippen LogP contribution is -2.19. The van der Waals surface area contributed by atoms with Crippen LogP contribution in [0.3, 0.4) is 0 Å². The standard InChI is InChI=1S/C13H17ClFNO/c1-8(16)4-11-12(14)5-10(15)6-13(11)17-7-9-2-3-9/h5-6,8-9H,2-4,7,16H2,1H3. The predicted octanol–water partition coefficient (Wildman–Crippen LogP) is 3.16. The van der Waals surface area contributed by atoms with Crippen molar-refractivity contribution in [3.63, 3.8) is 0 Å². The maximum Gasteiger partial charge on any atom is 0.128 e. The second kappa shape index (κ2) is 5.23. The number of rotatable bonds is 5. The Kier molecular flexibility index (Phi) is 3.89. The van der Waals surface area contributed by atoms with Crippen molar-refractivity contribution in [1.82, 2.24) is 0 Å². The minimum absolute atomic E-state index is 0.0266. The van der Waals surface area contributed by atoms with E-state index in [2.05, 4.69) is 0 Å². The molecule has 94 valence electrons. The molecule has 17 heavy (non-hydrogen) atoms. The van der Waals surface area contributed by atoms with Crippen molar-refractivity contribution in [2.24, 2.45) is 11.7 Å². The molecule has 0 heterocycles. The van der Waals surface area contributed by atoms with Gasteiger partial charge in [-0.05, 0) is 38.2 Å². The molecule has 0 radical (unpaired) electrons. The Morgan fingerprint density at radius 2 is 2.24 bits per heavy atom. The van der Waals surface area contributed by atoms with Crippen LogP contribution in [0.25, 0.3) is 0 Å². The molecule has 0 amide bonds.